The number of rotatable bonds is 2. The minimum atomic E-state index is -0.452. The van der Waals surface area contributed by atoms with Gasteiger partial charge in [-0.05, 0) is 56.1 Å². The van der Waals surface area contributed by atoms with Gasteiger partial charge in [0.25, 0.3) is 0 Å². The monoisotopic (exact) mass is 379 g/mol. The molecule has 3 nitrogen and oxygen atoms in total. The lowest BCUT2D eigenvalue weighted by atomic mass is 10.2. The standard InChI is InChI=1S/C14H7Br2NO2/c15-11-6-9(8-17)7-12(16)13(11)19-14(18)10-4-2-1-3-5-10/h1-7H. The lowest BCUT2D eigenvalue weighted by Crippen LogP contribution is -2.09. The average molecular weight is 381 g/mol. The molecule has 2 rings (SSSR count). The van der Waals surface area contributed by atoms with E-state index in [0.717, 1.165) is 0 Å². The molecular formula is C14H7Br2NO2. The van der Waals surface area contributed by atoms with Crippen LogP contribution < -0.4 is 4.74 Å². The second-order valence-electron chi connectivity index (χ2n) is 3.64. The van der Waals surface area contributed by atoms with Gasteiger partial charge in [0.05, 0.1) is 26.1 Å². The Balaban J connectivity index is 2.30. The third-order valence-corrected chi connectivity index (χ3v) is 3.51. The van der Waals surface area contributed by atoms with Gasteiger partial charge in [0, 0.05) is 0 Å². The van der Waals surface area contributed by atoms with Gasteiger partial charge in [0.15, 0.2) is 5.75 Å². The van der Waals surface area contributed by atoms with Crippen LogP contribution in [0, 0.1) is 11.3 Å². The highest BCUT2D eigenvalue weighted by atomic mass is 79.9. The molecule has 0 N–H and O–H groups in total. The molecule has 0 spiro atoms. The van der Waals surface area contributed by atoms with Gasteiger partial charge in [-0.3, -0.25) is 0 Å². The van der Waals surface area contributed by atoms with Crippen LogP contribution >= 0.6 is 31.9 Å². The van der Waals surface area contributed by atoms with Crippen molar-refractivity contribution in [1.82, 2.24) is 0 Å². The third-order valence-electron chi connectivity index (χ3n) is 2.33. The number of benzene rings is 2. The zero-order valence-electron chi connectivity index (χ0n) is 9.56. The van der Waals surface area contributed by atoms with Gasteiger partial charge in [-0.15, -0.1) is 0 Å². The van der Waals surface area contributed by atoms with Gasteiger partial charge in [0.1, 0.15) is 0 Å². The van der Waals surface area contributed by atoms with E-state index in [9.17, 15) is 4.79 Å². The number of carbonyl (C=O) groups excluding carboxylic acids is 1. The highest BCUT2D eigenvalue weighted by Crippen LogP contribution is 2.35. The second kappa shape index (κ2) is 6.00. The Morgan fingerprint density at radius 1 is 1.11 bits per heavy atom. The van der Waals surface area contributed by atoms with E-state index in [4.69, 9.17) is 10.00 Å². The molecule has 0 saturated heterocycles. The maximum absolute atomic E-state index is 11.9. The van der Waals surface area contributed by atoms with E-state index in [1.807, 2.05) is 12.1 Å². The highest BCUT2D eigenvalue weighted by Gasteiger charge is 2.14. The van der Waals surface area contributed by atoms with E-state index in [0.29, 0.717) is 25.8 Å². The molecule has 5 heteroatoms. The van der Waals surface area contributed by atoms with Crippen molar-refractivity contribution in [2.45, 2.75) is 0 Å². The summed E-state index contributed by atoms with van der Waals surface area (Å²) in [5.74, 6) is -0.0976. The van der Waals surface area contributed by atoms with Gasteiger partial charge in [-0.2, -0.15) is 5.26 Å². The molecule has 0 unspecified atom stereocenters. The summed E-state index contributed by atoms with van der Waals surface area (Å²) in [5, 5.41) is 8.84. The van der Waals surface area contributed by atoms with Crippen LogP contribution in [0.15, 0.2) is 51.4 Å². The molecule has 2 aromatic rings. The number of halogens is 2. The molecule has 0 aliphatic carbocycles. The zero-order valence-corrected chi connectivity index (χ0v) is 12.7. The topological polar surface area (TPSA) is 50.1 Å². The molecule has 0 fully saturated rings. The van der Waals surface area contributed by atoms with E-state index in [2.05, 4.69) is 31.9 Å². The summed E-state index contributed by atoms with van der Waals surface area (Å²) < 4.78 is 6.41. The highest BCUT2D eigenvalue weighted by molar-refractivity contribution is 9.11. The van der Waals surface area contributed by atoms with Crippen LogP contribution in [0.4, 0.5) is 0 Å². The quantitative estimate of drug-likeness (QED) is 0.576. The van der Waals surface area contributed by atoms with Crippen LogP contribution in [0.2, 0.25) is 0 Å². The van der Waals surface area contributed by atoms with Crippen molar-refractivity contribution in [3.8, 4) is 11.8 Å². The molecule has 0 aliphatic rings. The van der Waals surface area contributed by atoms with Gasteiger partial charge >= 0.3 is 5.97 Å². The predicted molar refractivity (Wildman–Crippen MR) is 78.0 cm³/mol. The molecule has 0 saturated carbocycles. The number of hydrogen-bond donors (Lipinski definition) is 0. The van der Waals surface area contributed by atoms with Crippen molar-refractivity contribution >= 4 is 37.8 Å². The number of nitrogens with zero attached hydrogens (tertiary/aromatic N) is 1. The number of ether oxygens (including phenoxy) is 1. The number of nitriles is 1. The van der Waals surface area contributed by atoms with E-state index >= 15 is 0 Å². The molecule has 0 radical (unpaired) electrons. The molecule has 19 heavy (non-hydrogen) atoms. The van der Waals surface area contributed by atoms with E-state index < -0.39 is 5.97 Å². The SMILES string of the molecule is N#Cc1cc(Br)c(OC(=O)c2ccccc2)c(Br)c1. The largest absolute Gasteiger partial charge is 0.421 e. The normalized spacial score (nSPS) is 9.74. The van der Waals surface area contributed by atoms with Crippen molar-refractivity contribution in [2.24, 2.45) is 0 Å². The number of carbonyl (C=O) groups is 1. The predicted octanol–water partition coefficient (Wildman–Crippen LogP) is 4.30. The minimum absolute atomic E-state index is 0.354. The maximum Gasteiger partial charge on any atom is 0.343 e. The van der Waals surface area contributed by atoms with Gasteiger partial charge < -0.3 is 4.74 Å². The smallest absolute Gasteiger partial charge is 0.343 e. The van der Waals surface area contributed by atoms with Crippen LogP contribution in [0.5, 0.6) is 5.75 Å². The van der Waals surface area contributed by atoms with Crippen molar-refractivity contribution in [1.29, 1.82) is 5.26 Å². The summed E-state index contributed by atoms with van der Waals surface area (Å²) in [7, 11) is 0. The van der Waals surface area contributed by atoms with Gasteiger partial charge in [0.2, 0.25) is 0 Å². The molecule has 94 valence electrons. The average Bonchev–Trinajstić information content (AvgIpc) is 2.43. The molecule has 0 aromatic heterocycles. The maximum atomic E-state index is 11.9. The fourth-order valence-corrected chi connectivity index (χ4v) is 2.80. The van der Waals surface area contributed by atoms with Crippen molar-refractivity contribution < 1.29 is 9.53 Å². The molecule has 0 atom stereocenters. The first kappa shape index (κ1) is 13.8. The molecular weight excluding hydrogens is 374 g/mol. The Bertz CT molecular complexity index is 640. The van der Waals surface area contributed by atoms with Gasteiger partial charge in [-0.1, -0.05) is 18.2 Å². The van der Waals surface area contributed by atoms with E-state index in [1.165, 1.54) is 0 Å². The zero-order chi connectivity index (χ0) is 13.8. The third kappa shape index (κ3) is 3.22. The molecule has 0 aliphatic heterocycles. The van der Waals surface area contributed by atoms with Crippen LogP contribution in [0.1, 0.15) is 15.9 Å². The number of esters is 1. The summed E-state index contributed by atoms with van der Waals surface area (Å²) in [6, 6.07) is 13.9. The summed E-state index contributed by atoms with van der Waals surface area (Å²) >= 11 is 6.56. The van der Waals surface area contributed by atoms with E-state index in [1.54, 1.807) is 36.4 Å². The van der Waals surface area contributed by atoms with Gasteiger partial charge in [-0.25, -0.2) is 4.79 Å². The minimum Gasteiger partial charge on any atom is -0.421 e. The van der Waals surface area contributed by atoms with Crippen LogP contribution in [-0.2, 0) is 0 Å². The first-order valence-corrected chi connectivity index (χ1v) is 6.87. The summed E-state index contributed by atoms with van der Waals surface area (Å²) in [6.07, 6.45) is 0. The molecule has 0 heterocycles. The van der Waals surface area contributed by atoms with Crippen molar-refractivity contribution in [2.75, 3.05) is 0 Å². The Labute approximate surface area is 127 Å². The lowest BCUT2D eigenvalue weighted by Gasteiger charge is -2.09. The Hall–Kier alpha value is -1.64. The lowest BCUT2D eigenvalue weighted by molar-refractivity contribution is 0.0732. The Morgan fingerprint density at radius 2 is 1.68 bits per heavy atom. The van der Waals surface area contributed by atoms with Crippen molar-refractivity contribution in [3.63, 3.8) is 0 Å². The Kier molecular flexibility index (Phi) is 4.35. The van der Waals surface area contributed by atoms with Crippen LogP contribution in [0.3, 0.4) is 0 Å². The second-order valence-corrected chi connectivity index (χ2v) is 5.35. The first-order valence-electron chi connectivity index (χ1n) is 5.28. The summed E-state index contributed by atoms with van der Waals surface area (Å²) in [5.41, 5.74) is 0.934. The number of hydrogen-bond acceptors (Lipinski definition) is 3. The first-order chi connectivity index (χ1) is 9.11. The fourth-order valence-electron chi connectivity index (χ4n) is 1.45. The van der Waals surface area contributed by atoms with Crippen LogP contribution in [0.25, 0.3) is 0 Å². The summed E-state index contributed by atoms with van der Waals surface area (Å²) in [4.78, 5) is 11.9. The Morgan fingerprint density at radius 3 is 2.21 bits per heavy atom. The van der Waals surface area contributed by atoms with Crippen LogP contribution in [-0.4, -0.2) is 5.97 Å². The molecule has 0 bridgehead atoms. The molecule has 2 aromatic carbocycles. The fraction of sp³-hybridized carbons (Fsp3) is 0. The summed E-state index contributed by atoms with van der Waals surface area (Å²) in [6.45, 7) is 0. The van der Waals surface area contributed by atoms with E-state index in [-0.39, 0.29) is 0 Å². The molecule has 0 amide bonds. The van der Waals surface area contributed by atoms with Crippen molar-refractivity contribution in [3.05, 3.63) is 62.5 Å².